The molecule has 2 atom stereocenters. The van der Waals surface area contributed by atoms with Gasteiger partial charge < -0.3 is 14.6 Å². The summed E-state index contributed by atoms with van der Waals surface area (Å²) in [6.07, 6.45) is 7.46. The lowest BCUT2D eigenvalue weighted by molar-refractivity contribution is -0.144. The van der Waals surface area contributed by atoms with Gasteiger partial charge in [-0.1, -0.05) is 18.9 Å². The molecule has 0 radical (unpaired) electrons. The zero-order valence-electron chi connectivity index (χ0n) is 14.7. The number of methoxy groups -OCH3 is 1. The van der Waals surface area contributed by atoms with Crippen LogP contribution in [0.15, 0.2) is 18.2 Å². The molecule has 2 saturated carbocycles. The average molecular weight is 346 g/mol. The van der Waals surface area contributed by atoms with E-state index in [1.54, 1.807) is 12.1 Å². The summed E-state index contributed by atoms with van der Waals surface area (Å²) >= 11 is 0. The maximum absolute atomic E-state index is 13.1. The molecule has 3 rings (SSSR count). The summed E-state index contributed by atoms with van der Waals surface area (Å²) in [6.45, 7) is 0. The minimum atomic E-state index is -0.879. The number of ketones is 1. The fraction of sp³-hybridized carbons (Fsp3) is 0.600. The molecule has 2 aliphatic rings. The van der Waals surface area contributed by atoms with Crippen LogP contribution in [0.3, 0.4) is 0 Å². The lowest BCUT2D eigenvalue weighted by atomic mass is 9.75. The fourth-order valence-electron chi connectivity index (χ4n) is 4.14. The van der Waals surface area contributed by atoms with E-state index in [9.17, 15) is 14.7 Å². The Kier molecular flexibility index (Phi) is 5.61. The molecule has 0 heterocycles. The van der Waals surface area contributed by atoms with Gasteiger partial charge >= 0.3 is 5.97 Å². The lowest BCUT2D eigenvalue weighted by Gasteiger charge is -2.28. The Balaban J connectivity index is 1.87. The average Bonchev–Trinajstić information content (AvgIpc) is 3.14. The number of carboxylic acid groups (broad SMARTS) is 1. The second-order valence-electron chi connectivity index (χ2n) is 7.06. The van der Waals surface area contributed by atoms with Gasteiger partial charge in [0, 0.05) is 5.92 Å². The number of hydrogen-bond acceptors (Lipinski definition) is 4. The predicted molar refractivity (Wildman–Crippen MR) is 93.3 cm³/mol. The Bertz CT molecular complexity index is 633. The molecule has 0 aliphatic heterocycles. The summed E-state index contributed by atoms with van der Waals surface area (Å²) < 4.78 is 11.6. The molecule has 0 saturated heterocycles. The van der Waals surface area contributed by atoms with E-state index < -0.39 is 17.8 Å². The molecule has 0 spiro atoms. The van der Waals surface area contributed by atoms with Crippen molar-refractivity contribution in [3.05, 3.63) is 23.8 Å². The molecule has 5 nitrogen and oxygen atoms in total. The zero-order valence-corrected chi connectivity index (χ0v) is 14.7. The van der Waals surface area contributed by atoms with Gasteiger partial charge in [0.05, 0.1) is 24.7 Å². The molecule has 136 valence electrons. The minimum Gasteiger partial charge on any atom is -0.492 e. The van der Waals surface area contributed by atoms with Crippen molar-refractivity contribution >= 4 is 11.8 Å². The molecule has 2 aliphatic carbocycles. The predicted octanol–water partition coefficient (Wildman–Crippen LogP) is 4.09. The minimum absolute atomic E-state index is 0.138. The summed E-state index contributed by atoms with van der Waals surface area (Å²) in [4.78, 5) is 24.6. The van der Waals surface area contributed by atoms with Crippen LogP contribution >= 0.6 is 0 Å². The van der Waals surface area contributed by atoms with Crippen molar-refractivity contribution in [2.75, 3.05) is 7.11 Å². The topological polar surface area (TPSA) is 72.8 Å². The lowest BCUT2D eigenvalue weighted by Crippen LogP contribution is -2.33. The Labute approximate surface area is 148 Å². The van der Waals surface area contributed by atoms with Crippen molar-refractivity contribution in [1.82, 2.24) is 0 Å². The number of para-hydroxylation sites is 1. The summed E-state index contributed by atoms with van der Waals surface area (Å²) in [5.41, 5.74) is 0.441. The Morgan fingerprint density at radius 2 is 1.64 bits per heavy atom. The number of carbonyl (C=O) groups excluding carboxylic acids is 1. The Morgan fingerprint density at radius 3 is 2.28 bits per heavy atom. The van der Waals surface area contributed by atoms with Gasteiger partial charge in [-0.05, 0) is 50.7 Å². The molecule has 0 bridgehead atoms. The van der Waals surface area contributed by atoms with Crippen molar-refractivity contribution < 1.29 is 24.2 Å². The van der Waals surface area contributed by atoms with Crippen molar-refractivity contribution in [3.8, 4) is 11.5 Å². The molecule has 0 amide bonds. The molecule has 5 heteroatoms. The highest BCUT2D eigenvalue weighted by Gasteiger charge is 2.37. The van der Waals surface area contributed by atoms with Crippen LogP contribution in [0.1, 0.15) is 61.7 Å². The van der Waals surface area contributed by atoms with E-state index in [0.29, 0.717) is 29.9 Å². The maximum Gasteiger partial charge on any atom is 0.307 e. The number of Topliss-reactive ketones (excluding diaryl/α,β-unsaturated/α-hetero) is 1. The third-order valence-corrected chi connectivity index (χ3v) is 5.46. The first-order chi connectivity index (χ1) is 12.1. The van der Waals surface area contributed by atoms with Crippen LogP contribution in [0.2, 0.25) is 0 Å². The highest BCUT2D eigenvalue weighted by molar-refractivity contribution is 6.02. The monoisotopic (exact) mass is 346 g/mol. The molecule has 0 aromatic heterocycles. The summed E-state index contributed by atoms with van der Waals surface area (Å²) in [6, 6.07) is 5.33. The van der Waals surface area contributed by atoms with Gasteiger partial charge in [0.25, 0.3) is 0 Å². The molecule has 1 aromatic carbocycles. The first-order valence-electron chi connectivity index (χ1n) is 9.22. The SMILES string of the molecule is COc1c(OC2CCCC2)cccc1C(=O)C1CCCCC1C(=O)O. The van der Waals surface area contributed by atoms with Crippen LogP contribution in [0, 0.1) is 11.8 Å². The fourth-order valence-corrected chi connectivity index (χ4v) is 4.14. The van der Waals surface area contributed by atoms with Gasteiger partial charge in [-0.25, -0.2) is 0 Å². The summed E-state index contributed by atoms with van der Waals surface area (Å²) in [5, 5.41) is 9.47. The molecular formula is C20H26O5. The van der Waals surface area contributed by atoms with Crippen LogP contribution in [-0.4, -0.2) is 30.1 Å². The van der Waals surface area contributed by atoms with Crippen molar-refractivity contribution in [2.24, 2.45) is 11.8 Å². The highest BCUT2D eigenvalue weighted by atomic mass is 16.5. The first kappa shape index (κ1) is 17.8. The van der Waals surface area contributed by atoms with Gasteiger partial charge in [-0.15, -0.1) is 0 Å². The molecule has 1 N–H and O–H groups in total. The maximum atomic E-state index is 13.1. The number of carbonyl (C=O) groups is 2. The van der Waals surface area contributed by atoms with E-state index in [0.717, 1.165) is 38.5 Å². The van der Waals surface area contributed by atoms with Crippen molar-refractivity contribution in [2.45, 2.75) is 57.5 Å². The summed E-state index contributed by atoms with van der Waals surface area (Å²) in [5.74, 6) is -1.08. The van der Waals surface area contributed by atoms with Gasteiger partial charge in [-0.2, -0.15) is 0 Å². The van der Waals surface area contributed by atoms with Crippen LogP contribution in [-0.2, 0) is 4.79 Å². The number of carboxylic acids is 1. The smallest absolute Gasteiger partial charge is 0.307 e. The number of hydrogen-bond donors (Lipinski definition) is 1. The molecule has 1 aromatic rings. The molecule has 2 unspecified atom stereocenters. The Hall–Kier alpha value is -2.04. The second kappa shape index (κ2) is 7.89. The second-order valence-corrected chi connectivity index (χ2v) is 7.06. The van der Waals surface area contributed by atoms with E-state index in [2.05, 4.69) is 0 Å². The molecule has 25 heavy (non-hydrogen) atoms. The quantitative estimate of drug-likeness (QED) is 0.785. The number of benzene rings is 1. The number of ether oxygens (including phenoxy) is 2. The van der Waals surface area contributed by atoms with Gasteiger partial charge in [0.15, 0.2) is 17.3 Å². The van der Waals surface area contributed by atoms with Crippen molar-refractivity contribution in [1.29, 1.82) is 0 Å². The van der Waals surface area contributed by atoms with E-state index in [4.69, 9.17) is 9.47 Å². The van der Waals surface area contributed by atoms with Crippen LogP contribution in [0.25, 0.3) is 0 Å². The van der Waals surface area contributed by atoms with Crippen LogP contribution < -0.4 is 9.47 Å². The highest BCUT2D eigenvalue weighted by Crippen LogP contribution is 2.39. The first-order valence-corrected chi connectivity index (χ1v) is 9.22. The van der Waals surface area contributed by atoms with Gasteiger partial charge in [0.2, 0.25) is 0 Å². The summed E-state index contributed by atoms with van der Waals surface area (Å²) in [7, 11) is 1.53. The van der Waals surface area contributed by atoms with E-state index in [1.807, 2.05) is 6.07 Å². The van der Waals surface area contributed by atoms with Gasteiger partial charge in [0.1, 0.15) is 0 Å². The van der Waals surface area contributed by atoms with E-state index in [1.165, 1.54) is 7.11 Å². The van der Waals surface area contributed by atoms with Crippen molar-refractivity contribution in [3.63, 3.8) is 0 Å². The van der Waals surface area contributed by atoms with E-state index >= 15 is 0 Å². The third kappa shape index (κ3) is 3.80. The molecular weight excluding hydrogens is 320 g/mol. The van der Waals surface area contributed by atoms with Gasteiger partial charge in [-0.3, -0.25) is 9.59 Å². The van der Waals surface area contributed by atoms with E-state index in [-0.39, 0.29) is 11.9 Å². The number of rotatable bonds is 6. The molecule has 2 fully saturated rings. The number of aliphatic carboxylic acids is 1. The largest absolute Gasteiger partial charge is 0.492 e. The third-order valence-electron chi connectivity index (χ3n) is 5.46. The normalized spacial score (nSPS) is 24.0. The zero-order chi connectivity index (χ0) is 17.8. The van der Waals surface area contributed by atoms with Crippen LogP contribution in [0.4, 0.5) is 0 Å². The van der Waals surface area contributed by atoms with Crippen LogP contribution in [0.5, 0.6) is 11.5 Å². The Morgan fingerprint density at radius 1 is 1.00 bits per heavy atom. The standard InChI is InChI=1S/C20H26O5/c1-24-19-16(11-6-12-17(19)25-13-7-2-3-8-13)18(21)14-9-4-5-10-15(14)20(22)23/h6,11-15H,2-5,7-10H2,1H3,(H,22,23).